The second-order valence-electron chi connectivity index (χ2n) is 9.45. The molecule has 3 fully saturated rings. The Morgan fingerprint density at radius 2 is 1.18 bits per heavy atom. The molecular weight excluding hydrogens is 474 g/mol. The zero-order valence-electron chi connectivity index (χ0n) is 17.7. The fraction of sp³-hybridized carbons (Fsp3) is 1.00. The first-order chi connectivity index (χ1) is 15.3. The van der Waals surface area contributed by atoms with Gasteiger partial charge in [-0.05, 0) is 24.7 Å². The largest absolute Gasteiger partial charge is 0.445 e. The van der Waals surface area contributed by atoms with Crippen molar-refractivity contribution in [2.45, 2.75) is 113 Å². The van der Waals surface area contributed by atoms with E-state index in [1.165, 1.54) is 0 Å². The summed E-state index contributed by atoms with van der Waals surface area (Å²) in [5.41, 5.74) is 0. The number of alkyl halides is 10. The maximum Gasteiger partial charge on any atom is 0.445 e. The van der Waals surface area contributed by atoms with Gasteiger partial charge in [-0.2, -0.15) is 22.0 Å². The van der Waals surface area contributed by atoms with E-state index >= 15 is 0 Å². The van der Waals surface area contributed by atoms with Gasteiger partial charge in [0, 0.05) is 12.8 Å². The molecule has 12 heteroatoms. The van der Waals surface area contributed by atoms with E-state index in [9.17, 15) is 43.9 Å². The van der Waals surface area contributed by atoms with Crippen LogP contribution >= 0.6 is 0 Å². The molecule has 0 spiro atoms. The lowest BCUT2D eigenvalue weighted by Crippen LogP contribution is -2.53. The lowest BCUT2D eigenvalue weighted by molar-refractivity contribution is -0.330. The smallest absolute Gasteiger partial charge is 0.332 e. The van der Waals surface area contributed by atoms with Crippen molar-refractivity contribution in [2.24, 2.45) is 17.8 Å². The average Bonchev–Trinajstić information content (AvgIpc) is 2.69. The quantitative estimate of drug-likeness (QED) is 0.366. The first kappa shape index (κ1) is 26.8. The normalized spacial score (nSPS) is 40.5. The van der Waals surface area contributed by atoms with Gasteiger partial charge in [-0.25, -0.2) is 22.0 Å². The number of hydrogen-bond donors (Lipinski definition) is 0. The predicted octanol–water partition coefficient (Wildman–Crippen LogP) is 6.96. The molecule has 3 saturated carbocycles. The first-order valence-corrected chi connectivity index (χ1v) is 11.3. The maximum atomic E-state index is 14.7. The lowest BCUT2D eigenvalue weighted by atomic mass is 9.69. The monoisotopic (exact) mass is 502 g/mol. The van der Waals surface area contributed by atoms with Crippen molar-refractivity contribution >= 4 is 0 Å². The Labute approximate surface area is 185 Å². The van der Waals surface area contributed by atoms with E-state index in [1.54, 1.807) is 0 Å². The maximum absolute atomic E-state index is 14.7. The minimum Gasteiger partial charge on any atom is -0.332 e. The van der Waals surface area contributed by atoms with Gasteiger partial charge in [-0.3, -0.25) is 0 Å². The molecule has 0 aromatic rings. The highest BCUT2D eigenvalue weighted by Gasteiger charge is 2.57. The molecule has 194 valence electrons. The van der Waals surface area contributed by atoms with E-state index in [-0.39, 0.29) is 24.7 Å². The second kappa shape index (κ2) is 10.5. The van der Waals surface area contributed by atoms with E-state index in [0.717, 1.165) is 32.1 Å². The highest BCUT2D eigenvalue weighted by molar-refractivity contribution is 4.95. The van der Waals surface area contributed by atoms with Crippen LogP contribution in [0.3, 0.4) is 0 Å². The average molecular weight is 502 g/mol. The Hall–Kier alpha value is -0.780. The van der Waals surface area contributed by atoms with Crippen molar-refractivity contribution in [1.82, 2.24) is 0 Å². The van der Waals surface area contributed by atoms with E-state index < -0.39 is 74.3 Å². The predicted molar refractivity (Wildman–Crippen MR) is 97.3 cm³/mol. The summed E-state index contributed by atoms with van der Waals surface area (Å²) >= 11 is 0. The van der Waals surface area contributed by atoms with Gasteiger partial charge >= 0.3 is 12.3 Å². The Morgan fingerprint density at radius 3 is 1.67 bits per heavy atom. The van der Waals surface area contributed by atoms with Crippen molar-refractivity contribution < 1.29 is 53.4 Å². The van der Waals surface area contributed by atoms with E-state index in [4.69, 9.17) is 0 Å². The molecule has 5 atom stereocenters. The van der Waals surface area contributed by atoms with Crippen LogP contribution in [0.4, 0.5) is 43.9 Å². The Bertz CT molecular complexity index is 603. The molecule has 0 aromatic heterocycles. The minimum atomic E-state index is -5.51. The van der Waals surface area contributed by atoms with Crippen LogP contribution in [-0.4, -0.2) is 55.5 Å². The van der Waals surface area contributed by atoms with E-state index in [2.05, 4.69) is 9.47 Å². The van der Waals surface area contributed by atoms with Crippen LogP contribution in [0, 0.1) is 17.8 Å². The van der Waals surface area contributed by atoms with Crippen molar-refractivity contribution in [1.29, 1.82) is 0 Å². The van der Waals surface area contributed by atoms with Crippen LogP contribution in [0.25, 0.3) is 0 Å². The SMILES string of the molecule is FC1CC(OC(F)(F)C2C(F)CC(C3CCCCC3)CC2F)CC(F)C1OC(F)C(F)(F)F. The molecule has 0 saturated heterocycles. The van der Waals surface area contributed by atoms with Gasteiger partial charge in [-0.15, -0.1) is 0 Å². The summed E-state index contributed by atoms with van der Waals surface area (Å²) < 4.78 is 145. The fourth-order valence-corrected chi connectivity index (χ4v) is 5.48. The number of hydrogen-bond acceptors (Lipinski definition) is 2. The van der Waals surface area contributed by atoms with Gasteiger partial charge in [0.2, 0.25) is 0 Å². The molecule has 0 amide bonds. The molecule has 3 rings (SSSR count). The molecule has 0 aliphatic heterocycles. The van der Waals surface area contributed by atoms with Crippen LogP contribution < -0.4 is 0 Å². The van der Waals surface area contributed by atoms with Gasteiger partial charge in [0.05, 0.1) is 6.10 Å². The van der Waals surface area contributed by atoms with Gasteiger partial charge in [0.15, 0.2) is 0 Å². The van der Waals surface area contributed by atoms with E-state index in [1.807, 2.05) is 0 Å². The van der Waals surface area contributed by atoms with Gasteiger partial charge < -0.3 is 9.47 Å². The molecule has 2 nitrogen and oxygen atoms in total. The third kappa shape index (κ3) is 6.46. The van der Waals surface area contributed by atoms with Crippen molar-refractivity contribution in [3.05, 3.63) is 0 Å². The Morgan fingerprint density at radius 1 is 0.667 bits per heavy atom. The zero-order valence-corrected chi connectivity index (χ0v) is 17.7. The van der Waals surface area contributed by atoms with Crippen molar-refractivity contribution in [2.75, 3.05) is 0 Å². The number of halogens is 10. The molecule has 3 aliphatic rings. The summed E-state index contributed by atoms with van der Waals surface area (Å²) in [5.74, 6) is -2.76. The second-order valence-corrected chi connectivity index (χ2v) is 9.45. The summed E-state index contributed by atoms with van der Waals surface area (Å²) in [5, 5.41) is 0. The van der Waals surface area contributed by atoms with E-state index in [0.29, 0.717) is 0 Å². The van der Waals surface area contributed by atoms with Crippen LogP contribution in [0.15, 0.2) is 0 Å². The molecule has 33 heavy (non-hydrogen) atoms. The standard InChI is InChI=1S/C21H28F10O2/c22-13-6-11(10-4-2-1-3-5-10)7-14(23)17(13)21(30,31)33-12-8-15(24)18(16(25)9-12)32-19(26)20(27,28)29/h10-19H,1-9H2. The Kier molecular flexibility index (Phi) is 8.50. The summed E-state index contributed by atoms with van der Waals surface area (Å²) in [6, 6.07) is 0. The van der Waals surface area contributed by atoms with Crippen LogP contribution in [-0.2, 0) is 9.47 Å². The van der Waals surface area contributed by atoms with Crippen LogP contribution in [0.2, 0.25) is 0 Å². The molecule has 0 aromatic carbocycles. The summed E-state index contributed by atoms with van der Waals surface area (Å²) in [7, 11) is 0. The van der Waals surface area contributed by atoms with Crippen LogP contribution in [0.5, 0.6) is 0 Å². The Balaban J connectivity index is 1.59. The third-order valence-electron chi connectivity index (χ3n) is 7.09. The van der Waals surface area contributed by atoms with Gasteiger partial charge in [0.1, 0.15) is 36.7 Å². The van der Waals surface area contributed by atoms with Crippen molar-refractivity contribution in [3.8, 4) is 0 Å². The highest BCUT2D eigenvalue weighted by Crippen LogP contribution is 2.48. The molecule has 0 bridgehead atoms. The zero-order chi connectivity index (χ0) is 24.6. The minimum absolute atomic E-state index is 0.0663. The van der Waals surface area contributed by atoms with Gasteiger partial charge in [-0.1, -0.05) is 32.1 Å². The van der Waals surface area contributed by atoms with Crippen LogP contribution in [0.1, 0.15) is 57.8 Å². The third-order valence-corrected chi connectivity index (χ3v) is 7.09. The molecule has 0 heterocycles. The van der Waals surface area contributed by atoms with Gasteiger partial charge in [0.25, 0.3) is 6.36 Å². The molecule has 0 N–H and O–H groups in total. The number of rotatable bonds is 6. The molecule has 3 aliphatic carbocycles. The molecule has 5 unspecified atom stereocenters. The number of ether oxygens (including phenoxy) is 2. The highest BCUT2D eigenvalue weighted by atomic mass is 19.4. The summed E-state index contributed by atoms with van der Waals surface area (Å²) in [4.78, 5) is 0. The molecule has 0 radical (unpaired) electrons. The summed E-state index contributed by atoms with van der Waals surface area (Å²) in [6.07, 6.45) is -25.9. The fourth-order valence-electron chi connectivity index (χ4n) is 5.48. The first-order valence-electron chi connectivity index (χ1n) is 11.3. The topological polar surface area (TPSA) is 18.5 Å². The lowest BCUT2D eigenvalue weighted by Gasteiger charge is -2.43. The molecular formula is C21H28F10O2. The van der Waals surface area contributed by atoms with Crippen molar-refractivity contribution in [3.63, 3.8) is 0 Å². The summed E-state index contributed by atoms with van der Waals surface area (Å²) in [6.45, 7) is 0.